The first-order valence-electron chi connectivity index (χ1n) is 9.79. The molecule has 3 heterocycles. The molecule has 2 fully saturated rings. The van der Waals surface area contributed by atoms with Crippen LogP contribution in [0, 0.1) is 11.3 Å². The van der Waals surface area contributed by atoms with Crippen LogP contribution < -0.4 is 10.2 Å². The molecule has 5 heteroatoms. The second-order valence-electron chi connectivity index (χ2n) is 7.71. The molecule has 3 aromatic rings. The Morgan fingerprint density at radius 3 is 2.43 bits per heavy atom. The fourth-order valence-electron chi connectivity index (χ4n) is 5.00. The van der Waals surface area contributed by atoms with Crippen LogP contribution >= 0.6 is 12.4 Å². The van der Waals surface area contributed by atoms with Gasteiger partial charge in [0.05, 0.1) is 24.4 Å². The number of nitrogens with one attached hydrogen (secondary N) is 1. The maximum atomic E-state index is 9.45. The van der Waals surface area contributed by atoms with E-state index in [9.17, 15) is 5.26 Å². The average molecular weight is 394 g/mol. The summed E-state index contributed by atoms with van der Waals surface area (Å²) in [6.07, 6.45) is 6.55. The van der Waals surface area contributed by atoms with Crippen LogP contribution in [0.4, 0.5) is 5.69 Å². The molecule has 1 aromatic heterocycles. The summed E-state index contributed by atoms with van der Waals surface area (Å²) >= 11 is 0. The van der Waals surface area contributed by atoms with Gasteiger partial charge >= 0.3 is 0 Å². The maximum Gasteiger partial charge on any atom is 0.117 e. The molecule has 2 unspecified atom stereocenters. The van der Waals surface area contributed by atoms with Crippen LogP contribution in [0.3, 0.4) is 0 Å². The van der Waals surface area contributed by atoms with Gasteiger partial charge in [-0.2, -0.15) is 5.26 Å². The Hall–Kier alpha value is -2.48. The maximum absolute atomic E-state index is 9.45. The molecule has 0 saturated carbocycles. The summed E-state index contributed by atoms with van der Waals surface area (Å²) < 4.78 is 5.46. The summed E-state index contributed by atoms with van der Waals surface area (Å²) in [6, 6.07) is 20.4. The smallest absolute Gasteiger partial charge is 0.117 e. The molecule has 1 N–H and O–H groups in total. The van der Waals surface area contributed by atoms with E-state index in [2.05, 4.69) is 40.6 Å². The van der Waals surface area contributed by atoms with Crippen molar-refractivity contribution in [3.8, 4) is 6.07 Å². The molecule has 2 saturated heterocycles. The lowest BCUT2D eigenvalue weighted by molar-refractivity contribution is 0.342. The Kier molecular flexibility index (Phi) is 5.30. The molecule has 5 rings (SSSR count). The molecule has 2 aliphatic heterocycles. The molecular weight excluding hydrogens is 370 g/mol. The number of fused-ring (bicyclic) bond motifs is 3. The van der Waals surface area contributed by atoms with Crippen molar-refractivity contribution in [1.29, 1.82) is 5.26 Å². The minimum Gasteiger partial charge on any atom is -0.468 e. The van der Waals surface area contributed by atoms with E-state index < -0.39 is 0 Å². The predicted octanol–water partition coefficient (Wildman–Crippen LogP) is 5.02. The first-order chi connectivity index (χ1) is 13.3. The van der Waals surface area contributed by atoms with Gasteiger partial charge in [0, 0.05) is 34.6 Å². The predicted molar refractivity (Wildman–Crippen MR) is 114 cm³/mol. The van der Waals surface area contributed by atoms with Crippen LogP contribution in [0.2, 0.25) is 0 Å². The number of anilines is 1. The van der Waals surface area contributed by atoms with E-state index >= 15 is 0 Å². The number of nitrogens with zero attached hydrogens (tertiary/aromatic N) is 2. The van der Waals surface area contributed by atoms with Crippen LogP contribution in [-0.4, -0.2) is 18.1 Å². The van der Waals surface area contributed by atoms with Gasteiger partial charge in [0.2, 0.25) is 0 Å². The van der Waals surface area contributed by atoms with Gasteiger partial charge in [0.1, 0.15) is 5.76 Å². The highest BCUT2D eigenvalue weighted by atomic mass is 35.5. The van der Waals surface area contributed by atoms with Crippen LogP contribution in [0.15, 0.2) is 59.2 Å². The lowest BCUT2D eigenvalue weighted by Gasteiger charge is -2.41. The Balaban J connectivity index is 0.00000192. The summed E-state index contributed by atoms with van der Waals surface area (Å²) in [5.74, 6) is 1.00. The Labute approximate surface area is 171 Å². The lowest BCUT2D eigenvalue weighted by atomic mass is 9.94. The number of furan rings is 1. The van der Waals surface area contributed by atoms with Crippen LogP contribution in [-0.2, 0) is 6.54 Å². The SMILES string of the molecule is Cl.N#Cc1ccc(N2C3CCC2CC(NCc2ccco2)C3)c2ccccc12. The fourth-order valence-corrected chi connectivity index (χ4v) is 5.00. The molecule has 0 aliphatic carbocycles. The standard InChI is InChI=1S/C23H23N3O.ClH/c24-14-16-7-10-23(22-6-2-1-5-21(16)22)26-18-8-9-19(26)13-17(12-18)25-15-20-4-3-11-27-20;/h1-7,10-11,17-19,25H,8-9,12-13,15H2;1H. The summed E-state index contributed by atoms with van der Waals surface area (Å²) in [4.78, 5) is 2.63. The van der Waals surface area contributed by atoms with Crippen molar-refractivity contribution in [3.05, 3.63) is 66.1 Å². The molecule has 2 aromatic carbocycles. The Morgan fingerprint density at radius 1 is 1.00 bits per heavy atom. The minimum absolute atomic E-state index is 0. The Morgan fingerprint density at radius 2 is 1.75 bits per heavy atom. The monoisotopic (exact) mass is 393 g/mol. The zero-order chi connectivity index (χ0) is 18.2. The zero-order valence-corrected chi connectivity index (χ0v) is 16.5. The second-order valence-corrected chi connectivity index (χ2v) is 7.71. The number of halogens is 1. The van der Waals surface area contributed by atoms with Crippen molar-refractivity contribution in [3.63, 3.8) is 0 Å². The second kappa shape index (κ2) is 7.87. The van der Waals surface area contributed by atoms with Crippen LogP contribution in [0.25, 0.3) is 10.8 Å². The highest BCUT2D eigenvalue weighted by Crippen LogP contribution is 2.42. The number of rotatable bonds is 4. The van der Waals surface area contributed by atoms with E-state index in [0.29, 0.717) is 18.1 Å². The summed E-state index contributed by atoms with van der Waals surface area (Å²) in [5.41, 5.74) is 2.05. The van der Waals surface area contributed by atoms with Gasteiger partial charge in [-0.25, -0.2) is 0 Å². The highest BCUT2D eigenvalue weighted by molar-refractivity contribution is 5.98. The normalized spacial score (nSPS) is 23.4. The highest BCUT2D eigenvalue weighted by Gasteiger charge is 2.41. The minimum atomic E-state index is 0. The van der Waals surface area contributed by atoms with Gasteiger partial charge in [-0.1, -0.05) is 24.3 Å². The van der Waals surface area contributed by atoms with Crippen molar-refractivity contribution in [2.75, 3.05) is 4.90 Å². The third kappa shape index (κ3) is 3.26. The fraction of sp³-hybridized carbons (Fsp3) is 0.348. The van der Waals surface area contributed by atoms with Gasteiger partial charge in [0.25, 0.3) is 0 Å². The molecule has 2 atom stereocenters. The zero-order valence-electron chi connectivity index (χ0n) is 15.7. The van der Waals surface area contributed by atoms with Crippen molar-refractivity contribution >= 4 is 28.9 Å². The summed E-state index contributed by atoms with van der Waals surface area (Å²) in [6.45, 7) is 0.802. The van der Waals surface area contributed by atoms with Crippen LogP contribution in [0.5, 0.6) is 0 Å². The van der Waals surface area contributed by atoms with Crippen molar-refractivity contribution in [1.82, 2.24) is 5.32 Å². The molecule has 144 valence electrons. The number of nitriles is 1. The van der Waals surface area contributed by atoms with E-state index in [1.807, 2.05) is 24.3 Å². The van der Waals surface area contributed by atoms with E-state index in [1.54, 1.807) is 6.26 Å². The van der Waals surface area contributed by atoms with Crippen molar-refractivity contribution < 1.29 is 4.42 Å². The van der Waals surface area contributed by atoms with E-state index in [0.717, 1.165) is 36.1 Å². The molecule has 2 aliphatic rings. The largest absolute Gasteiger partial charge is 0.468 e. The quantitative estimate of drug-likeness (QED) is 0.676. The first kappa shape index (κ1) is 18.9. The molecule has 0 amide bonds. The van der Waals surface area contributed by atoms with Gasteiger partial charge < -0.3 is 14.6 Å². The van der Waals surface area contributed by atoms with Gasteiger partial charge in [0.15, 0.2) is 0 Å². The van der Waals surface area contributed by atoms with E-state index in [1.165, 1.54) is 23.9 Å². The molecule has 2 bridgehead atoms. The topological polar surface area (TPSA) is 52.2 Å². The number of benzene rings is 2. The summed E-state index contributed by atoms with van der Waals surface area (Å²) in [5, 5.41) is 15.4. The van der Waals surface area contributed by atoms with Gasteiger partial charge in [-0.05, 0) is 49.9 Å². The molecule has 28 heavy (non-hydrogen) atoms. The van der Waals surface area contributed by atoms with Crippen molar-refractivity contribution in [2.24, 2.45) is 0 Å². The Bertz CT molecular complexity index is 981. The third-order valence-corrected chi connectivity index (χ3v) is 6.18. The van der Waals surface area contributed by atoms with Crippen molar-refractivity contribution in [2.45, 2.75) is 50.4 Å². The number of hydrogen-bond donors (Lipinski definition) is 1. The average Bonchev–Trinajstić information content (AvgIpc) is 3.31. The number of piperidine rings is 1. The van der Waals surface area contributed by atoms with E-state index in [-0.39, 0.29) is 12.4 Å². The summed E-state index contributed by atoms with van der Waals surface area (Å²) in [7, 11) is 0. The van der Waals surface area contributed by atoms with Crippen LogP contribution in [0.1, 0.15) is 37.0 Å². The third-order valence-electron chi connectivity index (χ3n) is 6.18. The first-order valence-corrected chi connectivity index (χ1v) is 9.79. The van der Waals surface area contributed by atoms with E-state index in [4.69, 9.17) is 4.42 Å². The molecular formula is C23H24ClN3O. The van der Waals surface area contributed by atoms with Gasteiger partial charge in [-0.3, -0.25) is 0 Å². The van der Waals surface area contributed by atoms with Gasteiger partial charge in [-0.15, -0.1) is 12.4 Å². The molecule has 0 spiro atoms. The lowest BCUT2D eigenvalue weighted by Crippen LogP contribution is -2.49. The molecule has 0 radical (unpaired) electrons. The number of hydrogen-bond acceptors (Lipinski definition) is 4. The molecule has 4 nitrogen and oxygen atoms in total.